The summed E-state index contributed by atoms with van der Waals surface area (Å²) in [6, 6.07) is 12.1. The Morgan fingerprint density at radius 2 is 1.96 bits per heavy atom. The van der Waals surface area contributed by atoms with Gasteiger partial charge >= 0.3 is 5.97 Å². The Bertz CT molecular complexity index is 728. The molecule has 2 N–H and O–H groups in total. The molecule has 0 radical (unpaired) electrons. The number of hydrogen-bond acceptors (Lipinski definition) is 4. The predicted molar refractivity (Wildman–Crippen MR) is 86.7 cm³/mol. The molecule has 23 heavy (non-hydrogen) atoms. The highest BCUT2D eigenvalue weighted by molar-refractivity contribution is 5.98. The summed E-state index contributed by atoms with van der Waals surface area (Å²) in [6.07, 6.45) is 2.49. The summed E-state index contributed by atoms with van der Waals surface area (Å²) in [4.78, 5) is 27.8. The number of carbonyl (C=O) groups is 2. The Kier molecular flexibility index (Phi) is 4.37. The molecule has 1 aromatic carbocycles. The van der Waals surface area contributed by atoms with Gasteiger partial charge in [0.1, 0.15) is 11.9 Å². The molecule has 1 atom stereocenters. The number of aromatic nitrogens is 1. The molecular formula is C18H18N2O3. The number of ketones is 1. The summed E-state index contributed by atoms with van der Waals surface area (Å²) >= 11 is 0. The first-order valence-electron chi connectivity index (χ1n) is 7.70. The van der Waals surface area contributed by atoms with E-state index in [1.54, 1.807) is 12.1 Å². The van der Waals surface area contributed by atoms with E-state index in [-0.39, 0.29) is 5.78 Å². The van der Waals surface area contributed by atoms with Gasteiger partial charge < -0.3 is 10.4 Å². The minimum Gasteiger partial charge on any atom is -0.480 e. The van der Waals surface area contributed by atoms with Crippen LogP contribution in [0.4, 0.5) is 5.82 Å². The van der Waals surface area contributed by atoms with Crippen molar-refractivity contribution < 1.29 is 14.7 Å². The third-order valence-electron chi connectivity index (χ3n) is 3.99. The zero-order chi connectivity index (χ0) is 16.2. The normalized spacial score (nSPS) is 14.9. The van der Waals surface area contributed by atoms with E-state index in [1.807, 2.05) is 30.3 Å². The molecule has 0 amide bonds. The van der Waals surface area contributed by atoms with Crippen LogP contribution in [0.1, 0.15) is 34.5 Å². The van der Waals surface area contributed by atoms with Crippen LogP contribution in [0, 0.1) is 0 Å². The maximum Gasteiger partial charge on any atom is 0.326 e. The molecule has 2 aromatic rings. The lowest BCUT2D eigenvalue weighted by atomic mass is 9.95. The van der Waals surface area contributed by atoms with Gasteiger partial charge in [0.2, 0.25) is 0 Å². The quantitative estimate of drug-likeness (QED) is 0.887. The van der Waals surface area contributed by atoms with Crippen LogP contribution in [0.3, 0.4) is 0 Å². The number of nitrogens with zero attached hydrogens (tertiary/aromatic N) is 1. The molecule has 0 fully saturated rings. The third kappa shape index (κ3) is 3.56. The van der Waals surface area contributed by atoms with E-state index in [0.717, 1.165) is 24.1 Å². The number of nitrogens with one attached hydrogen (secondary N) is 1. The highest BCUT2D eigenvalue weighted by Gasteiger charge is 2.21. The second kappa shape index (κ2) is 6.60. The predicted octanol–water partition coefficient (Wildman–Crippen LogP) is 2.71. The lowest BCUT2D eigenvalue weighted by Gasteiger charge is -2.18. The molecule has 1 aliphatic rings. The van der Waals surface area contributed by atoms with Crippen molar-refractivity contribution in [1.29, 1.82) is 0 Å². The Morgan fingerprint density at radius 3 is 2.70 bits per heavy atom. The Morgan fingerprint density at radius 1 is 1.17 bits per heavy atom. The lowest BCUT2D eigenvalue weighted by molar-refractivity contribution is -0.137. The summed E-state index contributed by atoms with van der Waals surface area (Å²) in [5, 5.41) is 12.4. The molecule has 1 aromatic heterocycles. The van der Waals surface area contributed by atoms with Gasteiger partial charge in [-0.2, -0.15) is 0 Å². The fraction of sp³-hybridized carbons (Fsp3) is 0.278. The fourth-order valence-corrected chi connectivity index (χ4v) is 2.81. The first kappa shape index (κ1) is 15.2. The Labute approximate surface area is 134 Å². The number of Topliss-reactive ketones (excluding diaryl/α,β-unsaturated/α-hetero) is 1. The van der Waals surface area contributed by atoms with Gasteiger partial charge in [0.25, 0.3) is 0 Å². The number of hydrogen-bond donors (Lipinski definition) is 2. The number of rotatable bonds is 5. The zero-order valence-corrected chi connectivity index (χ0v) is 12.7. The summed E-state index contributed by atoms with van der Waals surface area (Å²) < 4.78 is 0. The maximum atomic E-state index is 11.8. The van der Waals surface area contributed by atoms with E-state index in [0.29, 0.717) is 24.2 Å². The number of aryl methyl sites for hydroxylation is 1. The average molecular weight is 310 g/mol. The second-order valence-corrected chi connectivity index (χ2v) is 5.69. The van der Waals surface area contributed by atoms with Crippen molar-refractivity contribution in [3.05, 3.63) is 59.3 Å². The van der Waals surface area contributed by atoms with Crippen LogP contribution in [0.5, 0.6) is 0 Å². The van der Waals surface area contributed by atoms with Gasteiger partial charge in [-0.15, -0.1) is 0 Å². The largest absolute Gasteiger partial charge is 0.480 e. The number of pyridine rings is 1. The summed E-state index contributed by atoms with van der Waals surface area (Å²) in [5.41, 5.74) is 2.37. The van der Waals surface area contributed by atoms with E-state index in [9.17, 15) is 14.7 Å². The van der Waals surface area contributed by atoms with E-state index < -0.39 is 12.0 Å². The van der Waals surface area contributed by atoms with Gasteiger partial charge in [0, 0.05) is 18.4 Å². The molecule has 0 unspecified atom stereocenters. The van der Waals surface area contributed by atoms with Crippen molar-refractivity contribution in [2.24, 2.45) is 0 Å². The Hall–Kier alpha value is -2.69. The second-order valence-electron chi connectivity index (χ2n) is 5.69. The SMILES string of the molecule is O=C1CCCc2nc(N[C@H](Cc3ccccc3)C(=O)O)ccc21. The highest BCUT2D eigenvalue weighted by atomic mass is 16.4. The van der Waals surface area contributed by atoms with Crippen LogP contribution >= 0.6 is 0 Å². The number of carboxylic acids is 1. The highest BCUT2D eigenvalue weighted by Crippen LogP contribution is 2.21. The molecule has 0 saturated carbocycles. The van der Waals surface area contributed by atoms with Crippen LogP contribution in [0.2, 0.25) is 0 Å². The molecular weight excluding hydrogens is 292 g/mol. The maximum absolute atomic E-state index is 11.8. The molecule has 0 saturated heterocycles. The number of carboxylic acid groups (broad SMARTS) is 1. The van der Waals surface area contributed by atoms with Gasteiger partial charge in [-0.05, 0) is 30.5 Å². The number of anilines is 1. The topological polar surface area (TPSA) is 79.3 Å². The fourth-order valence-electron chi connectivity index (χ4n) is 2.81. The van der Waals surface area contributed by atoms with Crippen LogP contribution in [-0.2, 0) is 17.6 Å². The van der Waals surface area contributed by atoms with E-state index in [2.05, 4.69) is 10.3 Å². The molecule has 1 heterocycles. The van der Waals surface area contributed by atoms with Crippen molar-refractivity contribution in [1.82, 2.24) is 4.98 Å². The van der Waals surface area contributed by atoms with Gasteiger partial charge in [-0.25, -0.2) is 9.78 Å². The van der Waals surface area contributed by atoms with Crippen molar-refractivity contribution in [3.63, 3.8) is 0 Å². The molecule has 0 spiro atoms. The van der Waals surface area contributed by atoms with Crippen LogP contribution in [0.15, 0.2) is 42.5 Å². The molecule has 5 heteroatoms. The average Bonchev–Trinajstić information content (AvgIpc) is 2.55. The van der Waals surface area contributed by atoms with Crippen molar-refractivity contribution >= 4 is 17.6 Å². The summed E-state index contributed by atoms with van der Waals surface area (Å²) in [5.74, 6) is -0.310. The molecule has 5 nitrogen and oxygen atoms in total. The van der Waals surface area contributed by atoms with E-state index in [1.165, 1.54) is 0 Å². The van der Waals surface area contributed by atoms with Crippen molar-refractivity contribution in [2.45, 2.75) is 31.7 Å². The monoisotopic (exact) mass is 310 g/mol. The Balaban J connectivity index is 1.78. The smallest absolute Gasteiger partial charge is 0.326 e. The van der Waals surface area contributed by atoms with Crippen LogP contribution in [-0.4, -0.2) is 27.9 Å². The summed E-state index contributed by atoms with van der Waals surface area (Å²) in [6.45, 7) is 0. The van der Waals surface area contributed by atoms with Gasteiger partial charge in [0.05, 0.1) is 5.69 Å². The molecule has 1 aliphatic carbocycles. The molecule has 0 bridgehead atoms. The lowest BCUT2D eigenvalue weighted by Crippen LogP contribution is -2.32. The van der Waals surface area contributed by atoms with Crippen LogP contribution < -0.4 is 5.32 Å². The van der Waals surface area contributed by atoms with Crippen molar-refractivity contribution in [2.75, 3.05) is 5.32 Å². The number of fused-ring (bicyclic) bond motifs is 1. The number of aliphatic carboxylic acids is 1. The minimum absolute atomic E-state index is 0.115. The van der Waals surface area contributed by atoms with E-state index >= 15 is 0 Å². The van der Waals surface area contributed by atoms with Gasteiger partial charge in [-0.3, -0.25) is 4.79 Å². The first-order valence-corrected chi connectivity index (χ1v) is 7.70. The standard InChI is InChI=1S/C18H18N2O3/c21-16-8-4-7-14-13(16)9-10-17(19-14)20-15(18(22)23)11-12-5-2-1-3-6-12/h1-3,5-6,9-10,15H,4,7-8,11H2,(H,19,20)(H,22,23)/t15-/m1/s1. The molecule has 0 aliphatic heterocycles. The number of carbonyl (C=O) groups excluding carboxylic acids is 1. The van der Waals surface area contributed by atoms with Gasteiger partial charge in [0.15, 0.2) is 5.78 Å². The van der Waals surface area contributed by atoms with Crippen LogP contribution in [0.25, 0.3) is 0 Å². The third-order valence-corrected chi connectivity index (χ3v) is 3.99. The van der Waals surface area contributed by atoms with Gasteiger partial charge in [-0.1, -0.05) is 30.3 Å². The first-order chi connectivity index (χ1) is 11.1. The molecule has 118 valence electrons. The molecule has 3 rings (SSSR count). The minimum atomic E-state index is -0.926. The summed E-state index contributed by atoms with van der Waals surface area (Å²) in [7, 11) is 0. The zero-order valence-electron chi connectivity index (χ0n) is 12.7. The van der Waals surface area contributed by atoms with E-state index in [4.69, 9.17) is 0 Å². The number of benzene rings is 1. The van der Waals surface area contributed by atoms with Crippen molar-refractivity contribution in [3.8, 4) is 0 Å².